The van der Waals surface area contributed by atoms with Crippen LogP contribution in [0.5, 0.6) is 18.0 Å². The number of ether oxygens (including phenoxy) is 3. The Balaban J connectivity index is 0.000000148. The average molecular weight is 1840 g/mol. The van der Waals surface area contributed by atoms with Crippen molar-refractivity contribution in [3.05, 3.63) is 230 Å². The lowest BCUT2D eigenvalue weighted by Crippen LogP contribution is -2.56. The summed E-state index contributed by atoms with van der Waals surface area (Å²) in [6, 6.07) is 41.7. The SMILES string of the molecule is [C-]#[N+]C[C@H]1CN(c2nc(OC[C@@H]3CCCN3C)nc3c2CCN(c2cccc4cccc(C)c24)C3)CCN1C(=O)/C=C/C#N.[C-]#[N+]C[C@H]1CN(c2nc(OC[C@@H]3CCCN3C)nc3c2CCN(c2cccc4cccc(C)c24)C3)CCN1C(=O)/C=C/C(=O)N(C)C.[C-]#[N+]C[C@H]1CN(c2nc(OC[C@@H]3CCCN3C)nc3c2CCN(c2cccc4cccc(C)c24)C3)CCN1C(=O)/C=C/C(N)=O. The van der Waals surface area contributed by atoms with E-state index < -0.39 is 5.91 Å². The molecule has 0 radical (unpaired) electrons. The Labute approximate surface area is 796 Å². The van der Waals surface area contributed by atoms with Crippen molar-refractivity contribution in [3.63, 3.8) is 0 Å². The molecule has 6 fully saturated rings. The first-order valence-corrected chi connectivity index (χ1v) is 47.5. The lowest BCUT2D eigenvalue weighted by atomic mass is 9.99. The fourth-order valence-corrected chi connectivity index (χ4v) is 20.8. The van der Waals surface area contributed by atoms with Gasteiger partial charge in [-0.3, -0.25) is 24.0 Å². The number of likely N-dealkylation sites (tertiary alicyclic amines) is 3. The normalized spacial score (nSPS) is 20.3. The summed E-state index contributed by atoms with van der Waals surface area (Å²) in [7, 11) is 9.68. The van der Waals surface area contributed by atoms with Gasteiger partial charge in [0, 0.05) is 197 Å². The Hall–Kier alpha value is -14.1. The summed E-state index contributed by atoms with van der Waals surface area (Å²) in [5, 5.41) is 16.4. The van der Waals surface area contributed by atoms with Gasteiger partial charge in [-0.05, 0) is 170 Å². The molecule has 706 valence electrons. The number of nitrogens with zero attached hydrogens (tertiary/aromatic N) is 23. The van der Waals surface area contributed by atoms with Crippen LogP contribution in [0.3, 0.4) is 0 Å². The molecule has 6 saturated heterocycles. The molecule has 9 aromatic rings. The number of anilines is 6. The lowest BCUT2D eigenvalue weighted by molar-refractivity contribution is -0.129. The van der Waals surface area contributed by atoms with Gasteiger partial charge in [-0.2, -0.15) is 35.2 Å². The molecule has 2 N–H and O–H groups in total. The van der Waals surface area contributed by atoms with Crippen molar-refractivity contribution < 1.29 is 38.2 Å². The third-order valence-corrected chi connectivity index (χ3v) is 28.2. The van der Waals surface area contributed by atoms with Crippen LogP contribution in [0.2, 0.25) is 0 Å². The van der Waals surface area contributed by atoms with Gasteiger partial charge in [-0.1, -0.05) is 91.0 Å². The monoisotopic (exact) mass is 1830 g/mol. The van der Waals surface area contributed by atoms with Crippen LogP contribution in [0.25, 0.3) is 46.9 Å². The van der Waals surface area contributed by atoms with E-state index in [9.17, 15) is 24.0 Å². The van der Waals surface area contributed by atoms with Crippen molar-refractivity contribution >= 4 is 96.4 Å². The summed E-state index contributed by atoms with van der Waals surface area (Å²) in [5.41, 5.74) is 18.7. The number of aryl methyl sites for hydroxylation is 3. The Morgan fingerprint density at radius 3 is 1.03 bits per heavy atom. The Bertz CT molecular complexity index is 6200. The molecule has 0 aliphatic carbocycles. The highest BCUT2D eigenvalue weighted by Crippen LogP contribution is 2.42. The number of piperazine rings is 3. The molecule has 0 spiro atoms. The topological polar surface area (TPSA) is 295 Å². The van der Waals surface area contributed by atoms with Gasteiger partial charge >= 0.3 is 18.0 Å². The van der Waals surface area contributed by atoms with Crippen molar-refractivity contribution in [2.24, 2.45) is 5.73 Å². The predicted molar refractivity (Wildman–Crippen MR) is 528 cm³/mol. The van der Waals surface area contributed by atoms with Crippen molar-refractivity contribution in [2.75, 3.05) is 202 Å². The average Bonchev–Trinajstić information content (AvgIpc) is 1.23. The van der Waals surface area contributed by atoms with Crippen LogP contribution in [-0.4, -0.2) is 303 Å². The number of fused-ring (bicyclic) bond motifs is 6. The zero-order valence-electron chi connectivity index (χ0n) is 79.3. The number of nitrogens with two attached hydrogens (primary N) is 1. The number of carbonyl (C=O) groups is 5. The number of hydrogen-bond donors (Lipinski definition) is 1. The number of nitriles is 1. The zero-order valence-corrected chi connectivity index (χ0v) is 79.3. The van der Waals surface area contributed by atoms with Gasteiger partial charge in [0.05, 0.1) is 42.8 Å². The van der Waals surface area contributed by atoms with Crippen molar-refractivity contribution in [3.8, 4) is 24.1 Å². The van der Waals surface area contributed by atoms with Gasteiger partial charge in [-0.15, -0.1) is 0 Å². The maximum absolute atomic E-state index is 13.2. The van der Waals surface area contributed by atoms with E-state index in [0.717, 1.165) is 154 Å². The third kappa shape index (κ3) is 21.7. The zero-order chi connectivity index (χ0) is 95.2. The van der Waals surface area contributed by atoms with Crippen LogP contribution in [0.15, 0.2) is 146 Å². The van der Waals surface area contributed by atoms with Crippen LogP contribution in [0, 0.1) is 51.8 Å². The number of rotatable bonds is 23. The molecule has 6 aromatic carbocycles. The second-order valence-corrected chi connectivity index (χ2v) is 37.1. The third-order valence-electron chi connectivity index (χ3n) is 28.2. The van der Waals surface area contributed by atoms with Crippen LogP contribution < -0.4 is 49.3 Å². The number of primary amides is 1. The number of hydrogen-bond acceptors (Lipinski definition) is 24. The number of amides is 5. The molecule has 136 heavy (non-hydrogen) atoms. The van der Waals surface area contributed by atoms with E-state index in [4.69, 9.17) is 74.8 Å². The molecule has 32 heteroatoms. The minimum Gasteiger partial charge on any atom is -0.462 e. The fourth-order valence-electron chi connectivity index (χ4n) is 20.8. The Kier molecular flexibility index (Phi) is 30.4. The molecule has 12 heterocycles. The minimum absolute atomic E-state index is 0.144. The van der Waals surface area contributed by atoms with E-state index in [1.165, 1.54) is 101 Å². The quantitative estimate of drug-likeness (QED) is 0.0353. The van der Waals surface area contributed by atoms with Gasteiger partial charge < -0.3 is 98.2 Å². The molecule has 5 amide bonds. The maximum Gasteiger partial charge on any atom is 0.318 e. The van der Waals surface area contributed by atoms with Gasteiger partial charge in [-0.25, -0.2) is 19.7 Å². The summed E-state index contributed by atoms with van der Waals surface area (Å²) in [6.07, 6.45) is 16.4. The van der Waals surface area contributed by atoms with Crippen LogP contribution in [0.4, 0.5) is 34.5 Å². The van der Waals surface area contributed by atoms with Crippen molar-refractivity contribution in [1.29, 1.82) is 5.26 Å². The van der Waals surface area contributed by atoms with Gasteiger partial charge in [0.15, 0.2) is 0 Å². The first kappa shape index (κ1) is 95.1. The van der Waals surface area contributed by atoms with E-state index in [0.29, 0.717) is 135 Å². The van der Waals surface area contributed by atoms with Crippen molar-refractivity contribution in [2.45, 2.75) is 134 Å². The molecule has 32 nitrogen and oxygen atoms in total. The Morgan fingerprint density at radius 2 is 0.735 bits per heavy atom. The smallest absolute Gasteiger partial charge is 0.318 e. The van der Waals surface area contributed by atoms with Crippen LogP contribution >= 0.6 is 0 Å². The number of carbonyl (C=O) groups excluding carboxylic acids is 5. The lowest BCUT2D eigenvalue weighted by Gasteiger charge is -2.41. The molecule has 9 aliphatic rings. The summed E-state index contributed by atoms with van der Waals surface area (Å²) < 4.78 is 18.9. The number of aromatic nitrogens is 6. The highest BCUT2D eigenvalue weighted by molar-refractivity contribution is 6.01. The van der Waals surface area contributed by atoms with E-state index >= 15 is 0 Å². The maximum atomic E-state index is 13.2. The molecule has 0 saturated carbocycles. The highest BCUT2D eigenvalue weighted by Gasteiger charge is 2.41. The molecular formula is C104H122N24O8. The summed E-state index contributed by atoms with van der Waals surface area (Å²) in [6.45, 7) is 43.1. The van der Waals surface area contributed by atoms with Gasteiger partial charge in [0.2, 0.25) is 49.2 Å². The second-order valence-electron chi connectivity index (χ2n) is 37.1. The summed E-state index contributed by atoms with van der Waals surface area (Å²) in [4.78, 5) is 130. The highest BCUT2D eigenvalue weighted by atomic mass is 16.5. The van der Waals surface area contributed by atoms with E-state index in [2.05, 4.69) is 210 Å². The van der Waals surface area contributed by atoms with Crippen molar-refractivity contribution in [1.82, 2.24) is 64.2 Å². The molecule has 3 aromatic heterocycles. The fraction of sp³-hybridized carbons (Fsp3) is 0.452. The second kappa shape index (κ2) is 43.5. The molecule has 9 aliphatic heterocycles. The number of likely N-dealkylation sites (N-methyl/N-ethyl adjacent to an activating group) is 4. The van der Waals surface area contributed by atoms with E-state index in [1.807, 2.05) is 6.07 Å². The number of allylic oxidation sites excluding steroid dienone is 1. The molecule has 6 atom stereocenters. The standard InChI is InChI=1S/C36H44N8O3.C34H40N8O3.C34H38N8O2/c1-25-9-6-10-26-11-7-13-31(34(25)26)42-18-16-29-30(23-42)38-36(47-24-27-12-8-17-41(27)5)39-35(29)43-19-20-44(28(22-43)21-37-2)33(46)15-14-32(45)40(3)4;1-23-7-4-8-24-9-5-11-29(32(23)24)40-16-14-27-28(21-40)37-34(45-22-25-10-6-15-39(25)3)38-33(27)41-17-18-42(26(20-41)19-36-2)31(44)13-12-30(35)43;1-24-8-4-9-25-10-5-12-30(32(24)25)40-17-14-28-29(22-40)37-34(44-23-26-11-7-16-39(26)3)38-33(28)41-18-19-42(27(21-41)20-36-2)31(43)13-6-15-35/h6-7,9-11,13-15,27-28H,8,12,16-24H2,1,3-5H3;4-5,7-9,11-13,25-26H,6,10,14-22H2,1,3H3,(H2,35,43);4-6,8-10,12-13,26-27H,7,11,14,16-23H2,1,3H3/b15-14+;13-12+;13-6+/t27-,28-;25-,26-;26-,27-/m000/s1. The molecule has 0 bridgehead atoms. The predicted octanol–water partition coefficient (Wildman–Crippen LogP) is 10.5. The molecular weight excluding hydrogens is 1710 g/mol. The molecule has 0 unspecified atom stereocenters. The van der Waals surface area contributed by atoms with Crippen LogP contribution in [-0.2, 0) is 62.9 Å². The Morgan fingerprint density at radius 1 is 0.419 bits per heavy atom. The van der Waals surface area contributed by atoms with E-state index in [-0.39, 0.29) is 61.4 Å². The van der Waals surface area contributed by atoms with Gasteiger partial charge in [0.1, 0.15) is 55.4 Å². The molecule has 18 rings (SSSR count). The van der Waals surface area contributed by atoms with Crippen LogP contribution in [0.1, 0.15) is 89.0 Å². The minimum atomic E-state index is -0.680. The van der Waals surface area contributed by atoms with E-state index in [1.54, 1.807) is 28.8 Å². The largest absolute Gasteiger partial charge is 0.462 e. The number of benzene rings is 6. The summed E-state index contributed by atoms with van der Waals surface area (Å²) >= 11 is 0. The first-order valence-electron chi connectivity index (χ1n) is 47.5. The summed E-state index contributed by atoms with van der Waals surface area (Å²) in [5.74, 6) is 0.734. The van der Waals surface area contributed by atoms with Gasteiger partial charge in [0.25, 0.3) is 0 Å². The first-order chi connectivity index (χ1) is 66.0.